The van der Waals surface area contributed by atoms with Gasteiger partial charge in [0.15, 0.2) is 5.82 Å². The van der Waals surface area contributed by atoms with Crippen LogP contribution in [0.2, 0.25) is 5.02 Å². The molecule has 1 heterocycles. The van der Waals surface area contributed by atoms with Crippen LogP contribution in [-0.2, 0) is 6.42 Å². The second-order valence-electron chi connectivity index (χ2n) is 3.28. The Balaban J connectivity index is 2.33. The van der Waals surface area contributed by atoms with Gasteiger partial charge in [-0.25, -0.2) is 9.97 Å². The largest absolute Gasteiger partial charge is 0.235 e. The van der Waals surface area contributed by atoms with Crippen molar-refractivity contribution < 1.29 is 0 Å². The van der Waals surface area contributed by atoms with Crippen LogP contribution >= 0.6 is 11.6 Å². The maximum absolute atomic E-state index is 5.72. The summed E-state index contributed by atoms with van der Waals surface area (Å²) in [6.45, 7) is 2.13. The average Bonchev–Trinajstić information content (AvgIpc) is 2.30. The molecule has 0 fully saturated rings. The van der Waals surface area contributed by atoms with Gasteiger partial charge < -0.3 is 0 Å². The molecule has 0 unspecified atom stereocenters. The molecule has 1 aromatic heterocycles. The van der Waals surface area contributed by atoms with Crippen molar-refractivity contribution in [2.75, 3.05) is 0 Å². The summed E-state index contributed by atoms with van der Waals surface area (Å²) in [6, 6.07) is 8.24. The lowest BCUT2D eigenvalue weighted by molar-refractivity contribution is 1.13. The molecule has 0 saturated heterocycles. The highest BCUT2D eigenvalue weighted by atomic mass is 35.5. The van der Waals surface area contributed by atoms with Gasteiger partial charge in [-0.2, -0.15) is 0 Å². The van der Waals surface area contributed by atoms with Gasteiger partial charge in [0.05, 0.1) is 5.02 Å². The van der Waals surface area contributed by atoms with Crippen molar-refractivity contribution in [1.29, 1.82) is 0 Å². The topological polar surface area (TPSA) is 25.8 Å². The predicted molar refractivity (Wildman–Crippen MR) is 61.9 cm³/mol. The molecular weight excluding hydrogens is 208 g/mol. The van der Waals surface area contributed by atoms with E-state index in [0.717, 1.165) is 12.0 Å². The molecule has 3 heteroatoms. The second-order valence-corrected chi connectivity index (χ2v) is 3.71. The molecule has 2 rings (SSSR count). The molecule has 0 spiro atoms. The summed E-state index contributed by atoms with van der Waals surface area (Å²) in [4.78, 5) is 8.32. The van der Waals surface area contributed by atoms with Gasteiger partial charge in [0.1, 0.15) is 0 Å². The van der Waals surface area contributed by atoms with E-state index in [4.69, 9.17) is 11.6 Å². The van der Waals surface area contributed by atoms with E-state index in [0.29, 0.717) is 10.8 Å². The van der Waals surface area contributed by atoms with Crippen molar-refractivity contribution >= 4 is 11.6 Å². The number of nitrogens with zero attached hydrogens (tertiary/aromatic N) is 2. The lowest BCUT2D eigenvalue weighted by Gasteiger charge is -2.01. The molecule has 0 saturated carbocycles. The predicted octanol–water partition coefficient (Wildman–Crippen LogP) is 3.36. The van der Waals surface area contributed by atoms with Crippen LogP contribution in [0, 0.1) is 0 Å². The molecule has 76 valence electrons. The van der Waals surface area contributed by atoms with Gasteiger partial charge in [-0.05, 0) is 12.0 Å². The molecule has 0 aliphatic rings. The molecular formula is C12H11ClN2. The summed E-state index contributed by atoms with van der Waals surface area (Å²) in [5, 5.41) is 0.559. The molecule has 2 nitrogen and oxygen atoms in total. The average molecular weight is 219 g/mol. The normalized spacial score (nSPS) is 10.3. The first kappa shape index (κ1) is 10.1. The molecule has 15 heavy (non-hydrogen) atoms. The number of aromatic nitrogens is 2. The quantitative estimate of drug-likeness (QED) is 0.773. The number of benzene rings is 1. The van der Waals surface area contributed by atoms with Crippen LogP contribution in [-0.4, -0.2) is 9.97 Å². The summed E-state index contributed by atoms with van der Waals surface area (Å²) >= 11 is 5.72. The van der Waals surface area contributed by atoms with E-state index in [2.05, 4.69) is 29.0 Å². The number of halogens is 1. The summed E-state index contributed by atoms with van der Waals surface area (Å²) in [5.41, 5.74) is 2.33. The van der Waals surface area contributed by atoms with Gasteiger partial charge in [-0.1, -0.05) is 42.8 Å². The highest BCUT2D eigenvalue weighted by molar-refractivity contribution is 6.30. The van der Waals surface area contributed by atoms with E-state index in [1.54, 1.807) is 12.4 Å². The Hall–Kier alpha value is -1.41. The molecule has 0 amide bonds. The van der Waals surface area contributed by atoms with Crippen LogP contribution in [0.1, 0.15) is 12.5 Å². The molecule has 0 aliphatic carbocycles. The van der Waals surface area contributed by atoms with Crippen LogP contribution in [0.15, 0.2) is 36.7 Å². The van der Waals surface area contributed by atoms with Crippen LogP contribution in [0.4, 0.5) is 0 Å². The van der Waals surface area contributed by atoms with Gasteiger partial charge in [-0.15, -0.1) is 0 Å². The minimum atomic E-state index is 0.559. The molecule has 2 aromatic rings. The van der Waals surface area contributed by atoms with Crippen molar-refractivity contribution in [1.82, 2.24) is 9.97 Å². The van der Waals surface area contributed by atoms with Gasteiger partial charge in [0.2, 0.25) is 0 Å². The summed E-state index contributed by atoms with van der Waals surface area (Å²) in [7, 11) is 0. The second kappa shape index (κ2) is 4.41. The fourth-order valence-corrected chi connectivity index (χ4v) is 1.45. The smallest absolute Gasteiger partial charge is 0.159 e. The molecule has 0 radical (unpaired) electrons. The minimum Gasteiger partial charge on any atom is -0.235 e. The van der Waals surface area contributed by atoms with Crippen LogP contribution in [0.25, 0.3) is 11.4 Å². The minimum absolute atomic E-state index is 0.559. The Morgan fingerprint density at radius 1 is 1.07 bits per heavy atom. The van der Waals surface area contributed by atoms with Gasteiger partial charge in [-0.3, -0.25) is 0 Å². The molecule has 0 bridgehead atoms. The summed E-state index contributed by atoms with van der Waals surface area (Å²) in [6.07, 6.45) is 4.26. The Kier molecular flexibility index (Phi) is 2.97. The van der Waals surface area contributed by atoms with Crippen molar-refractivity contribution in [2.45, 2.75) is 13.3 Å². The zero-order chi connectivity index (χ0) is 10.7. The van der Waals surface area contributed by atoms with E-state index in [1.165, 1.54) is 5.56 Å². The molecule has 0 atom stereocenters. The third-order valence-corrected chi connectivity index (χ3v) is 2.44. The molecule has 0 aliphatic heterocycles. The van der Waals surface area contributed by atoms with E-state index < -0.39 is 0 Å². The third kappa shape index (κ3) is 2.34. The maximum atomic E-state index is 5.72. The van der Waals surface area contributed by atoms with E-state index in [-0.39, 0.29) is 0 Å². The third-order valence-electron chi connectivity index (χ3n) is 2.24. The fraction of sp³-hybridized carbons (Fsp3) is 0.167. The zero-order valence-corrected chi connectivity index (χ0v) is 9.20. The maximum Gasteiger partial charge on any atom is 0.159 e. The Labute approximate surface area is 94.0 Å². The Bertz CT molecular complexity index is 434. The van der Waals surface area contributed by atoms with Gasteiger partial charge in [0, 0.05) is 18.0 Å². The molecule has 1 aromatic carbocycles. The first-order valence-electron chi connectivity index (χ1n) is 4.86. The van der Waals surface area contributed by atoms with Crippen molar-refractivity contribution in [3.63, 3.8) is 0 Å². The van der Waals surface area contributed by atoms with E-state index in [1.807, 2.05) is 12.1 Å². The van der Waals surface area contributed by atoms with Crippen molar-refractivity contribution in [2.24, 2.45) is 0 Å². The van der Waals surface area contributed by atoms with E-state index in [9.17, 15) is 0 Å². The Morgan fingerprint density at radius 2 is 1.67 bits per heavy atom. The first-order chi connectivity index (χ1) is 7.29. The summed E-state index contributed by atoms with van der Waals surface area (Å²) < 4.78 is 0. The zero-order valence-electron chi connectivity index (χ0n) is 8.44. The first-order valence-corrected chi connectivity index (χ1v) is 5.24. The van der Waals surface area contributed by atoms with Crippen molar-refractivity contribution in [3.8, 4) is 11.4 Å². The monoisotopic (exact) mass is 218 g/mol. The molecule has 0 N–H and O–H groups in total. The SMILES string of the molecule is CCc1ccc(-c2ncc(Cl)cn2)cc1. The van der Waals surface area contributed by atoms with Crippen LogP contribution in [0.5, 0.6) is 0 Å². The Morgan fingerprint density at radius 3 is 2.20 bits per heavy atom. The standard InChI is InChI=1S/C12H11ClN2/c1-2-9-3-5-10(6-4-9)12-14-7-11(13)8-15-12/h3-8H,2H2,1H3. The summed E-state index contributed by atoms with van der Waals surface area (Å²) in [5.74, 6) is 0.710. The van der Waals surface area contributed by atoms with Gasteiger partial charge >= 0.3 is 0 Å². The number of hydrogen-bond acceptors (Lipinski definition) is 2. The highest BCUT2D eigenvalue weighted by Gasteiger charge is 2.00. The van der Waals surface area contributed by atoms with Gasteiger partial charge in [0.25, 0.3) is 0 Å². The van der Waals surface area contributed by atoms with Crippen LogP contribution in [0.3, 0.4) is 0 Å². The highest BCUT2D eigenvalue weighted by Crippen LogP contribution is 2.16. The van der Waals surface area contributed by atoms with E-state index >= 15 is 0 Å². The van der Waals surface area contributed by atoms with Crippen molar-refractivity contribution in [3.05, 3.63) is 47.2 Å². The number of rotatable bonds is 2. The fourth-order valence-electron chi connectivity index (χ4n) is 1.35. The number of aryl methyl sites for hydroxylation is 1. The lowest BCUT2D eigenvalue weighted by atomic mass is 10.1. The number of hydrogen-bond donors (Lipinski definition) is 0. The van der Waals surface area contributed by atoms with Crippen LogP contribution < -0.4 is 0 Å². The lowest BCUT2D eigenvalue weighted by Crippen LogP contribution is -1.88.